The van der Waals surface area contributed by atoms with E-state index in [0.29, 0.717) is 6.04 Å². The van der Waals surface area contributed by atoms with Gasteiger partial charge in [0.25, 0.3) is 0 Å². The minimum Gasteiger partial charge on any atom is -0.355 e. The number of amides is 1. The van der Waals surface area contributed by atoms with Gasteiger partial charge in [-0.1, -0.05) is 26.7 Å². The molecular weight excluding hydrogens is 244 g/mol. The Morgan fingerprint density at radius 3 is 2.56 bits per heavy atom. The highest BCUT2D eigenvalue weighted by Gasteiger charge is 2.14. The molecule has 3 nitrogen and oxygen atoms in total. The lowest BCUT2D eigenvalue weighted by molar-refractivity contribution is -0.122. The fourth-order valence-corrected chi connectivity index (χ4v) is 2.54. The quantitative estimate of drug-likeness (QED) is 0.569. The van der Waals surface area contributed by atoms with Gasteiger partial charge in [-0.25, -0.2) is 0 Å². The van der Waals surface area contributed by atoms with Crippen molar-refractivity contribution in [2.75, 3.05) is 18.1 Å². The second-order valence-electron chi connectivity index (χ2n) is 4.77. The fraction of sp³-hybridized carbons (Fsp3) is 0.929. The van der Waals surface area contributed by atoms with Gasteiger partial charge in [0.15, 0.2) is 0 Å². The van der Waals surface area contributed by atoms with Crippen LogP contribution < -0.4 is 10.6 Å². The van der Waals surface area contributed by atoms with Crippen molar-refractivity contribution >= 4 is 17.7 Å². The van der Waals surface area contributed by atoms with Crippen LogP contribution in [0.25, 0.3) is 0 Å². The number of carbonyl (C=O) groups is 1. The van der Waals surface area contributed by atoms with Crippen LogP contribution in [0.4, 0.5) is 0 Å². The van der Waals surface area contributed by atoms with E-state index in [2.05, 4.69) is 31.4 Å². The van der Waals surface area contributed by atoms with Gasteiger partial charge < -0.3 is 10.6 Å². The highest BCUT2D eigenvalue weighted by molar-refractivity contribution is 7.99. The summed E-state index contributed by atoms with van der Waals surface area (Å²) in [4.78, 5) is 11.8. The van der Waals surface area contributed by atoms with Crippen molar-refractivity contribution in [1.82, 2.24) is 10.6 Å². The summed E-state index contributed by atoms with van der Waals surface area (Å²) in [5.74, 6) is 2.46. The van der Waals surface area contributed by atoms with Gasteiger partial charge >= 0.3 is 0 Å². The van der Waals surface area contributed by atoms with Crippen molar-refractivity contribution in [3.63, 3.8) is 0 Å². The van der Waals surface area contributed by atoms with Crippen molar-refractivity contribution in [1.29, 1.82) is 0 Å². The second-order valence-corrected chi connectivity index (χ2v) is 6.17. The molecule has 0 aliphatic rings. The molecule has 0 radical (unpaired) electrons. The van der Waals surface area contributed by atoms with Crippen LogP contribution in [0.3, 0.4) is 0 Å². The van der Waals surface area contributed by atoms with Gasteiger partial charge in [-0.05, 0) is 38.2 Å². The summed E-state index contributed by atoms with van der Waals surface area (Å²) in [6, 6.07) is 0.314. The molecule has 2 N–H and O–H groups in total. The maximum absolute atomic E-state index is 11.8. The minimum atomic E-state index is -0.0896. The Hall–Kier alpha value is -0.220. The molecule has 0 aromatic heterocycles. The van der Waals surface area contributed by atoms with Gasteiger partial charge in [-0.2, -0.15) is 11.8 Å². The Kier molecular flexibility index (Phi) is 11.7. The van der Waals surface area contributed by atoms with Crippen LogP contribution in [0.5, 0.6) is 0 Å². The Balaban J connectivity index is 3.65. The summed E-state index contributed by atoms with van der Waals surface area (Å²) in [7, 11) is 0. The molecule has 18 heavy (non-hydrogen) atoms. The van der Waals surface area contributed by atoms with Gasteiger partial charge in [-0.3, -0.25) is 4.79 Å². The van der Waals surface area contributed by atoms with E-state index in [4.69, 9.17) is 0 Å². The number of nitrogens with one attached hydrogen (secondary N) is 2. The summed E-state index contributed by atoms with van der Waals surface area (Å²) >= 11 is 1.95. The molecule has 0 bridgehead atoms. The molecule has 0 fully saturated rings. The molecule has 0 spiro atoms. The second kappa shape index (κ2) is 11.8. The van der Waals surface area contributed by atoms with Gasteiger partial charge in [0, 0.05) is 12.6 Å². The molecule has 0 aliphatic carbocycles. The van der Waals surface area contributed by atoms with E-state index in [1.165, 1.54) is 18.6 Å². The highest BCUT2D eigenvalue weighted by atomic mass is 32.2. The van der Waals surface area contributed by atoms with E-state index in [9.17, 15) is 4.79 Å². The van der Waals surface area contributed by atoms with E-state index >= 15 is 0 Å². The van der Waals surface area contributed by atoms with Crippen LogP contribution >= 0.6 is 11.8 Å². The first-order valence-electron chi connectivity index (χ1n) is 7.23. The zero-order chi connectivity index (χ0) is 13.8. The monoisotopic (exact) mass is 274 g/mol. The largest absolute Gasteiger partial charge is 0.355 e. The fourth-order valence-electron chi connectivity index (χ4n) is 1.73. The first kappa shape index (κ1) is 17.8. The van der Waals surface area contributed by atoms with E-state index in [1.54, 1.807) is 0 Å². The molecular formula is C14H30N2OS. The van der Waals surface area contributed by atoms with Crippen molar-refractivity contribution in [3.05, 3.63) is 0 Å². The number of thioether (sulfide) groups is 1. The van der Waals surface area contributed by atoms with Crippen LogP contribution in [0.1, 0.15) is 53.4 Å². The summed E-state index contributed by atoms with van der Waals surface area (Å²) in [6.45, 7) is 9.24. The lowest BCUT2D eigenvalue weighted by atomic mass is 10.2. The molecule has 0 aliphatic heterocycles. The van der Waals surface area contributed by atoms with Crippen LogP contribution in [-0.4, -0.2) is 36.0 Å². The summed E-state index contributed by atoms with van der Waals surface area (Å²) < 4.78 is 0. The molecule has 0 rings (SSSR count). The Morgan fingerprint density at radius 1 is 1.22 bits per heavy atom. The highest BCUT2D eigenvalue weighted by Crippen LogP contribution is 2.04. The molecule has 2 unspecified atom stereocenters. The molecule has 0 saturated heterocycles. The normalized spacial score (nSPS) is 14.2. The maximum Gasteiger partial charge on any atom is 0.236 e. The predicted molar refractivity (Wildman–Crippen MR) is 82.2 cm³/mol. The standard InChI is InChI=1S/C14H30N2OS/c1-5-7-8-10-15-14(17)13(4)16-12(3)9-11-18-6-2/h12-13,16H,5-11H2,1-4H3,(H,15,17). The molecule has 0 heterocycles. The molecule has 108 valence electrons. The molecule has 2 atom stereocenters. The van der Waals surface area contributed by atoms with Gasteiger partial charge in [0.05, 0.1) is 6.04 Å². The average molecular weight is 274 g/mol. The molecule has 0 aromatic carbocycles. The minimum absolute atomic E-state index is 0.0896. The third-order valence-corrected chi connectivity index (χ3v) is 3.84. The smallest absolute Gasteiger partial charge is 0.236 e. The number of hydrogen-bond donors (Lipinski definition) is 2. The Labute approximate surface area is 117 Å². The van der Waals surface area contributed by atoms with E-state index in [-0.39, 0.29) is 11.9 Å². The van der Waals surface area contributed by atoms with Crippen molar-refractivity contribution in [3.8, 4) is 0 Å². The van der Waals surface area contributed by atoms with Crippen molar-refractivity contribution in [2.24, 2.45) is 0 Å². The van der Waals surface area contributed by atoms with Crippen LogP contribution in [0.15, 0.2) is 0 Å². The first-order chi connectivity index (χ1) is 8.61. The van der Waals surface area contributed by atoms with Gasteiger partial charge in [-0.15, -0.1) is 0 Å². The van der Waals surface area contributed by atoms with Crippen LogP contribution in [-0.2, 0) is 4.79 Å². The third kappa shape index (κ3) is 9.77. The predicted octanol–water partition coefficient (Wildman–Crippen LogP) is 2.80. The van der Waals surface area contributed by atoms with Crippen molar-refractivity contribution in [2.45, 2.75) is 65.5 Å². The topological polar surface area (TPSA) is 41.1 Å². The average Bonchev–Trinajstić information content (AvgIpc) is 2.34. The Morgan fingerprint density at radius 2 is 1.94 bits per heavy atom. The Bertz CT molecular complexity index is 212. The van der Waals surface area contributed by atoms with E-state index < -0.39 is 0 Å². The lowest BCUT2D eigenvalue weighted by Crippen LogP contribution is -2.46. The lowest BCUT2D eigenvalue weighted by Gasteiger charge is -2.19. The third-order valence-electron chi connectivity index (χ3n) is 2.91. The summed E-state index contributed by atoms with van der Waals surface area (Å²) in [5.41, 5.74) is 0. The SMILES string of the molecule is CCCCCNC(=O)C(C)NC(C)CCSCC. The zero-order valence-electron chi connectivity index (χ0n) is 12.4. The maximum atomic E-state index is 11.8. The van der Waals surface area contributed by atoms with Gasteiger partial charge in [0.1, 0.15) is 0 Å². The van der Waals surface area contributed by atoms with Crippen LogP contribution in [0, 0.1) is 0 Å². The van der Waals surface area contributed by atoms with E-state index in [0.717, 1.165) is 25.1 Å². The molecule has 4 heteroatoms. The summed E-state index contributed by atoms with van der Waals surface area (Å²) in [5, 5.41) is 6.34. The van der Waals surface area contributed by atoms with E-state index in [1.807, 2.05) is 18.7 Å². The molecule has 0 saturated carbocycles. The number of carbonyl (C=O) groups excluding carboxylic acids is 1. The van der Waals surface area contributed by atoms with Crippen LogP contribution in [0.2, 0.25) is 0 Å². The van der Waals surface area contributed by atoms with Gasteiger partial charge in [0.2, 0.25) is 5.91 Å². The number of hydrogen-bond acceptors (Lipinski definition) is 3. The van der Waals surface area contributed by atoms with Crippen molar-refractivity contribution < 1.29 is 4.79 Å². The zero-order valence-corrected chi connectivity index (χ0v) is 13.2. The molecule has 0 aromatic rings. The summed E-state index contributed by atoms with van der Waals surface area (Å²) in [6.07, 6.45) is 4.58. The first-order valence-corrected chi connectivity index (χ1v) is 8.38. The molecule has 1 amide bonds. The number of rotatable bonds is 11. The number of unbranched alkanes of at least 4 members (excludes halogenated alkanes) is 2.